The fraction of sp³-hybridized carbons (Fsp3) is 0.679. The second kappa shape index (κ2) is 27.1. The molecule has 0 saturated carbocycles. The molecule has 0 spiro atoms. The summed E-state index contributed by atoms with van der Waals surface area (Å²) < 4.78 is 48.1. The number of hydrogen-bond acceptors (Lipinski definition) is 15. The van der Waals surface area contributed by atoms with Crippen LogP contribution in [0.15, 0.2) is 30.4 Å². The highest BCUT2D eigenvalue weighted by Gasteiger charge is 2.19. The molecule has 1 rings (SSSR count). The fourth-order valence-corrected chi connectivity index (χ4v) is 3.15. The summed E-state index contributed by atoms with van der Waals surface area (Å²) in [4.78, 5) is 31.7. The Kier molecular flexibility index (Phi) is 23.9. The maximum Gasteiger partial charge on any atom is 0.333 e. The van der Waals surface area contributed by atoms with E-state index in [4.69, 9.17) is 42.6 Å². The molecule has 45 heavy (non-hydrogen) atoms. The smallest absolute Gasteiger partial charge is 0.333 e. The molecule has 0 unspecified atom stereocenters. The lowest BCUT2D eigenvalue weighted by molar-refractivity contribution is -0.393. The number of nitrogens with zero attached hydrogens (tertiary/aromatic N) is 2. The van der Waals surface area contributed by atoms with Crippen molar-refractivity contribution in [1.82, 2.24) is 0 Å². The van der Waals surface area contributed by atoms with Gasteiger partial charge < -0.3 is 47.9 Å². The Morgan fingerprint density at radius 2 is 1.02 bits per heavy atom. The van der Waals surface area contributed by atoms with E-state index in [1.807, 2.05) is 0 Å². The number of non-ortho nitro benzene ring substituents is 1. The quantitative estimate of drug-likeness (QED) is 0.0404. The van der Waals surface area contributed by atoms with Crippen LogP contribution in [-0.2, 0) is 47.4 Å². The van der Waals surface area contributed by atoms with Crippen LogP contribution in [0.5, 0.6) is 0 Å². The lowest BCUT2D eigenvalue weighted by Gasteiger charge is -2.09. The van der Waals surface area contributed by atoms with Gasteiger partial charge in [0.05, 0.1) is 122 Å². The van der Waals surface area contributed by atoms with Crippen molar-refractivity contribution in [3.63, 3.8) is 0 Å². The minimum atomic E-state index is -0.685. The van der Waals surface area contributed by atoms with Gasteiger partial charge in [-0.15, -0.1) is 0 Å². The molecular weight excluding hydrogens is 602 g/mol. The van der Waals surface area contributed by atoms with E-state index in [2.05, 4.69) is 11.9 Å². The second-order valence-electron chi connectivity index (χ2n) is 8.96. The lowest BCUT2D eigenvalue weighted by atomic mass is 10.2. The first kappa shape index (κ1) is 39.7. The molecule has 0 atom stereocenters. The Balaban J connectivity index is 1.77. The highest BCUT2D eigenvalue weighted by molar-refractivity contribution is 5.86. The number of nitro groups is 2. The van der Waals surface area contributed by atoms with Crippen LogP contribution in [-0.4, -0.2) is 135 Å². The number of esters is 1. The monoisotopic (exact) mass is 647 g/mol. The Bertz CT molecular complexity index is 982. The van der Waals surface area contributed by atoms with Crippen LogP contribution in [0.3, 0.4) is 0 Å². The molecule has 0 aliphatic rings. The predicted molar refractivity (Wildman–Crippen MR) is 161 cm³/mol. The number of carbonyl (C=O) groups is 1. The molecule has 0 fully saturated rings. The van der Waals surface area contributed by atoms with Crippen LogP contribution in [0.25, 0.3) is 0 Å². The molecule has 1 aromatic carbocycles. The summed E-state index contributed by atoms with van der Waals surface area (Å²) >= 11 is 0. The number of anilines is 1. The van der Waals surface area contributed by atoms with Crippen molar-refractivity contribution in [2.45, 2.75) is 6.92 Å². The summed E-state index contributed by atoms with van der Waals surface area (Å²) in [5, 5.41) is 24.8. The molecular formula is C28H45N3O14. The van der Waals surface area contributed by atoms with Gasteiger partial charge >= 0.3 is 5.97 Å². The van der Waals surface area contributed by atoms with Gasteiger partial charge in [-0.05, 0) is 13.0 Å². The van der Waals surface area contributed by atoms with Gasteiger partial charge in [-0.25, -0.2) is 4.79 Å². The van der Waals surface area contributed by atoms with E-state index < -0.39 is 15.8 Å². The first-order valence-corrected chi connectivity index (χ1v) is 14.4. The zero-order chi connectivity index (χ0) is 33.0. The van der Waals surface area contributed by atoms with Crippen LogP contribution in [0.2, 0.25) is 0 Å². The van der Waals surface area contributed by atoms with Crippen molar-refractivity contribution in [2.24, 2.45) is 0 Å². The van der Waals surface area contributed by atoms with E-state index in [0.29, 0.717) is 105 Å². The second-order valence-corrected chi connectivity index (χ2v) is 8.96. The molecule has 0 aromatic heterocycles. The topological polar surface area (TPSA) is 198 Å². The first-order chi connectivity index (χ1) is 21.8. The third-order valence-electron chi connectivity index (χ3n) is 5.36. The molecule has 0 radical (unpaired) electrons. The third-order valence-corrected chi connectivity index (χ3v) is 5.36. The van der Waals surface area contributed by atoms with Gasteiger partial charge in [-0.3, -0.25) is 20.2 Å². The first-order valence-electron chi connectivity index (χ1n) is 14.4. The van der Waals surface area contributed by atoms with Gasteiger partial charge in [0.2, 0.25) is 0 Å². The van der Waals surface area contributed by atoms with Crippen molar-refractivity contribution in [2.75, 3.05) is 124 Å². The number of hydrogen-bond donors (Lipinski definition) is 1. The summed E-state index contributed by atoms with van der Waals surface area (Å²) in [5.74, 6) is -0.428. The van der Waals surface area contributed by atoms with Crippen molar-refractivity contribution in [3.05, 3.63) is 50.6 Å². The molecule has 1 aromatic rings. The van der Waals surface area contributed by atoms with Crippen LogP contribution in [0, 0.1) is 20.2 Å². The zero-order valence-electron chi connectivity index (χ0n) is 25.8. The minimum absolute atomic E-state index is 0.182. The van der Waals surface area contributed by atoms with E-state index in [0.717, 1.165) is 6.07 Å². The Morgan fingerprint density at radius 3 is 1.38 bits per heavy atom. The highest BCUT2D eigenvalue weighted by atomic mass is 16.6. The molecule has 1 N–H and O–H groups in total. The standard InChI is InChI=1S/C28H45N3O14/c1-24(2)28(32)45-22-21-44-20-19-43-18-17-42-16-15-41-14-13-40-12-11-39-10-9-38-8-7-37-6-5-29-26-4-3-25(30(33)34)23-27(26)31(35)36/h3-4,23,29H,1,5-22H2,2H3. The van der Waals surface area contributed by atoms with E-state index in [-0.39, 0.29) is 36.8 Å². The van der Waals surface area contributed by atoms with Gasteiger partial charge in [0.25, 0.3) is 11.4 Å². The van der Waals surface area contributed by atoms with Crippen LogP contribution in [0.1, 0.15) is 6.92 Å². The summed E-state index contributed by atoms with van der Waals surface area (Å²) in [6, 6.07) is 3.41. The third kappa shape index (κ3) is 22.0. The Hall–Kier alpha value is -3.29. The molecule has 0 bridgehead atoms. The molecule has 0 aliphatic heterocycles. The maximum absolute atomic E-state index is 11.2. The van der Waals surface area contributed by atoms with E-state index in [1.165, 1.54) is 12.1 Å². The highest BCUT2D eigenvalue weighted by Crippen LogP contribution is 2.28. The van der Waals surface area contributed by atoms with Gasteiger partial charge in [0, 0.05) is 18.2 Å². The van der Waals surface area contributed by atoms with Crippen LogP contribution < -0.4 is 5.32 Å². The van der Waals surface area contributed by atoms with Gasteiger partial charge in [-0.1, -0.05) is 6.58 Å². The molecule has 0 aliphatic carbocycles. The Morgan fingerprint density at radius 1 is 0.644 bits per heavy atom. The maximum atomic E-state index is 11.2. The van der Waals surface area contributed by atoms with E-state index in [1.54, 1.807) is 6.92 Å². The molecule has 0 amide bonds. The number of nitro benzene ring substituents is 2. The van der Waals surface area contributed by atoms with Crippen molar-refractivity contribution >= 4 is 23.0 Å². The average Bonchev–Trinajstić information content (AvgIpc) is 3.02. The van der Waals surface area contributed by atoms with E-state index >= 15 is 0 Å². The summed E-state index contributed by atoms with van der Waals surface area (Å²) in [7, 11) is 0. The number of rotatable bonds is 31. The van der Waals surface area contributed by atoms with Gasteiger partial charge in [0.15, 0.2) is 0 Å². The number of carbonyl (C=O) groups excluding carboxylic acids is 1. The van der Waals surface area contributed by atoms with Crippen molar-refractivity contribution in [3.8, 4) is 0 Å². The molecule has 17 nitrogen and oxygen atoms in total. The minimum Gasteiger partial charge on any atom is -0.460 e. The summed E-state index contributed by atoms with van der Waals surface area (Å²) in [5.41, 5.74) is -0.181. The number of ether oxygens (including phenoxy) is 9. The van der Waals surface area contributed by atoms with Gasteiger partial charge in [0.1, 0.15) is 12.3 Å². The Labute approximate surface area is 262 Å². The SMILES string of the molecule is C=C(C)C(=O)OCCOCCOCCOCCOCCOCCOCCOCCOCCNc1ccc([N+](=O)[O-])cc1[N+](=O)[O-]. The van der Waals surface area contributed by atoms with Crippen molar-refractivity contribution < 1.29 is 57.3 Å². The van der Waals surface area contributed by atoms with Crippen LogP contribution in [0.4, 0.5) is 17.1 Å². The zero-order valence-corrected chi connectivity index (χ0v) is 25.8. The molecule has 256 valence electrons. The number of benzene rings is 1. The summed E-state index contributed by atoms with van der Waals surface area (Å²) in [6.45, 7) is 12.0. The van der Waals surface area contributed by atoms with Crippen LogP contribution >= 0.6 is 0 Å². The molecule has 0 heterocycles. The molecule has 17 heteroatoms. The normalized spacial score (nSPS) is 11.0. The fourth-order valence-electron chi connectivity index (χ4n) is 3.15. The van der Waals surface area contributed by atoms with Gasteiger partial charge in [-0.2, -0.15) is 0 Å². The van der Waals surface area contributed by atoms with Crippen molar-refractivity contribution in [1.29, 1.82) is 0 Å². The predicted octanol–water partition coefficient (Wildman–Crippen LogP) is 2.17. The lowest BCUT2D eigenvalue weighted by Crippen LogP contribution is -2.16. The van der Waals surface area contributed by atoms with E-state index in [9.17, 15) is 25.0 Å². The summed E-state index contributed by atoms with van der Waals surface area (Å²) in [6.07, 6.45) is 0. The number of nitrogens with one attached hydrogen (secondary N) is 1. The molecule has 0 saturated heterocycles. The average molecular weight is 648 g/mol. The largest absolute Gasteiger partial charge is 0.460 e.